The lowest BCUT2D eigenvalue weighted by atomic mass is 10.2. The second-order valence-electron chi connectivity index (χ2n) is 5.10. The van der Waals surface area contributed by atoms with E-state index in [2.05, 4.69) is 5.32 Å². The van der Waals surface area contributed by atoms with Crippen molar-refractivity contribution >= 4 is 17.5 Å². The lowest BCUT2D eigenvalue weighted by Crippen LogP contribution is -2.48. The van der Waals surface area contributed by atoms with Crippen molar-refractivity contribution in [1.29, 1.82) is 0 Å². The van der Waals surface area contributed by atoms with Crippen LogP contribution < -0.4 is 10.1 Å². The minimum Gasteiger partial charge on any atom is -0.494 e. The van der Waals surface area contributed by atoms with Crippen LogP contribution in [0.25, 0.3) is 0 Å². The zero-order valence-corrected chi connectivity index (χ0v) is 12.5. The average Bonchev–Trinajstić information content (AvgIpc) is 2.97. The molecule has 8 heteroatoms. The summed E-state index contributed by atoms with van der Waals surface area (Å²) in [7, 11) is 0. The van der Waals surface area contributed by atoms with Crippen LogP contribution in [-0.4, -0.2) is 42.1 Å². The van der Waals surface area contributed by atoms with Gasteiger partial charge in [0, 0.05) is 12.2 Å². The topological polar surface area (TPSA) is 58.6 Å². The Morgan fingerprint density at radius 3 is 2.52 bits per heavy atom. The first-order chi connectivity index (χ1) is 10.8. The molecule has 0 bridgehead atoms. The van der Waals surface area contributed by atoms with E-state index in [1.54, 1.807) is 24.3 Å². The Balaban J connectivity index is 2.03. The Morgan fingerprint density at radius 1 is 1.30 bits per heavy atom. The number of hydrogen-bond acceptors (Lipinski definition) is 3. The van der Waals surface area contributed by atoms with Crippen molar-refractivity contribution in [3.63, 3.8) is 0 Å². The summed E-state index contributed by atoms with van der Waals surface area (Å²) >= 11 is 0. The predicted octanol–water partition coefficient (Wildman–Crippen LogP) is 2.58. The van der Waals surface area contributed by atoms with Crippen LogP contribution in [0, 0.1) is 0 Å². The fraction of sp³-hybridized carbons (Fsp3) is 0.467. The second-order valence-corrected chi connectivity index (χ2v) is 5.10. The molecule has 0 saturated carbocycles. The summed E-state index contributed by atoms with van der Waals surface area (Å²) in [4.78, 5) is 24.1. The Hall–Kier alpha value is -2.25. The fourth-order valence-electron chi connectivity index (χ4n) is 2.47. The van der Waals surface area contributed by atoms with Gasteiger partial charge in [-0.05, 0) is 44.0 Å². The monoisotopic (exact) mass is 330 g/mol. The first kappa shape index (κ1) is 17.1. The molecule has 5 nitrogen and oxygen atoms in total. The molecule has 1 heterocycles. The zero-order valence-electron chi connectivity index (χ0n) is 12.5. The zero-order chi connectivity index (χ0) is 17.0. The predicted molar refractivity (Wildman–Crippen MR) is 77.0 cm³/mol. The van der Waals surface area contributed by atoms with Crippen molar-refractivity contribution in [3.8, 4) is 5.75 Å². The van der Waals surface area contributed by atoms with Gasteiger partial charge in [-0.25, -0.2) is 0 Å². The van der Waals surface area contributed by atoms with Gasteiger partial charge in [0.05, 0.1) is 6.61 Å². The molecule has 1 fully saturated rings. The number of rotatable bonds is 4. The Morgan fingerprint density at radius 2 is 1.96 bits per heavy atom. The molecule has 0 aromatic heterocycles. The summed E-state index contributed by atoms with van der Waals surface area (Å²) < 4.78 is 42.9. The standard InChI is InChI=1S/C15H17F3N2O3/c1-2-23-11-7-5-10(6-8-11)19-13(21)12-4-3-9-20(12)14(22)15(16,17)18/h5-8,12H,2-4,9H2,1H3,(H,19,21). The molecular weight excluding hydrogens is 313 g/mol. The van der Waals surface area contributed by atoms with Crippen LogP contribution in [0.4, 0.5) is 18.9 Å². The number of nitrogens with zero attached hydrogens (tertiary/aromatic N) is 1. The number of amides is 2. The second kappa shape index (κ2) is 6.89. The van der Waals surface area contributed by atoms with E-state index in [1.165, 1.54) is 0 Å². The molecule has 23 heavy (non-hydrogen) atoms. The molecule has 1 unspecified atom stereocenters. The van der Waals surface area contributed by atoms with Gasteiger partial charge in [0.15, 0.2) is 0 Å². The van der Waals surface area contributed by atoms with Crippen LogP contribution in [-0.2, 0) is 9.59 Å². The summed E-state index contributed by atoms with van der Waals surface area (Å²) in [5, 5.41) is 2.53. The van der Waals surface area contributed by atoms with Gasteiger partial charge in [-0.3, -0.25) is 9.59 Å². The van der Waals surface area contributed by atoms with Gasteiger partial charge < -0.3 is 15.0 Å². The fourth-order valence-corrected chi connectivity index (χ4v) is 2.47. The minimum atomic E-state index is -4.97. The smallest absolute Gasteiger partial charge is 0.471 e. The van der Waals surface area contributed by atoms with Crippen LogP contribution in [0.3, 0.4) is 0 Å². The maximum atomic E-state index is 12.5. The maximum Gasteiger partial charge on any atom is 0.471 e. The first-order valence-corrected chi connectivity index (χ1v) is 7.24. The minimum absolute atomic E-state index is 0.0697. The number of benzene rings is 1. The van der Waals surface area contributed by atoms with Gasteiger partial charge in [0.25, 0.3) is 0 Å². The van der Waals surface area contributed by atoms with Crippen molar-refractivity contribution < 1.29 is 27.5 Å². The quantitative estimate of drug-likeness (QED) is 0.923. The van der Waals surface area contributed by atoms with Gasteiger partial charge in [0.2, 0.25) is 5.91 Å². The Labute approximate surface area is 131 Å². The number of hydrogen-bond donors (Lipinski definition) is 1. The number of anilines is 1. The molecule has 2 rings (SSSR count). The van der Waals surface area contributed by atoms with Crippen LogP contribution in [0.5, 0.6) is 5.75 Å². The van der Waals surface area contributed by atoms with Crippen molar-refractivity contribution in [1.82, 2.24) is 4.90 Å². The number of likely N-dealkylation sites (tertiary alicyclic amines) is 1. The van der Waals surface area contributed by atoms with Crippen LogP contribution >= 0.6 is 0 Å². The molecule has 126 valence electrons. The van der Waals surface area contributed by atoms with Gasteiger partial charge in [-0.2, -0.15) is 13.2 Å². The molecule has 1 aliphatic heterocycles. The summed E-state index contributed by atoms with van der Waals surface area (Å²) in [6.07, 6.45) is -4.39. The van der Waals surface area contributed by atoms with E-state index in [0.29, 0.717) is 29.4 Å². The van der Waals surface area contributed by atoms with Crippen molar-refractivity contribution in [2.24, 2.45) is 0 Å². The van der Waals surface area contributed by atoms with E-state index in [-0.39, 0.29) is 13.0 Å². The highest BCUT2D eigenvalue weighted by Gasteiger charge is 2.47. The van der Waals surface area contributed by atoms with E-state index < -0.39 is 24.0 Å². The molecule has 1 aromatic carbocycles. The largest absolute Gasteiger partial charge is 0.494 e. The maximum absolute atomic E-state index is 12.5. The van der Waals surface area contributed by atoms with Crippen molar-refractivity contribution in [2.75, 3.05) is 18.5 Å². The lowest BCUT2D eigenvalue weighted by Gasteiger charge is -2.24. The lowest BCUT2D eigenvalue weighted by molar-refractivity contribution is -0.186. The highest BCUT2D eigenvalue weighted by Crippen LogP contribution is 2.26. The van der Waals surface area contributed by atoms with E-state index in [4.69, 9.17) is 4.74 Å². The summed E-state index contributed by atoms with van der Waals surface area (Å²) in [5.74, 6) is -1.97. The molecule has 0 radical (unpaired) electrons. The number of carbonyl (C=O) groups excluding carboxylic acids is 2. The third-order valence-electron chi connectivity index (χ3n) is 3.49. The molecule has 2 amide bonds. The Bertz CT molecular complexity index is 572. The molecule has 0 aliphatic carbocycles. The number of carbonyl (C=O) groups is 2. The van der Waals surface area contributed by atoms with Crippen LogP contribution in [0.15, 0.2) is 24.3 Å². The van der Waals surface area contributed by atoms with Crippen molar-refractivity contribution in [3.05, 3.63) is 24.3 Å². The van der Waals surface area contributed by atoms with Crippen LogP contribution in [0.2, 0.25) is 0 Å². The molecule has 1 atom stereocenters. The van der Waals surface area contributed by atoms with E-state index in [0.717, 1.165) is 0 Å². The SMILES string of the molecule is CCOc1ccc(NC(=O)C2CCCN2C(=O)C(F)(F)F)cc1. The molecule has 1 N–H and O–H groups in total. The molecule has 1 aromatic rings. The molecule has 1 saturated heterocycles. The number of halogens is 3. The van der Waals surface area contributed by atoms with Gasteiger partial charge >= 0.3 is 12.1 Å². The Kier molecular flexibility index (Phi) is 5.12. The van der Waals surface area contributed by atoms with E-state index in [9.17, 15) is 22.8 Å². The third kappa shape index (κ3) is 4.14. The molecule has 0 spiro atoms. The van der Waals surface area contributed by atoms with Crippen LogP contribution in [0.1, 0.15) is 19.8 Å². The number of alkyl halides is 3. The number of ether oxygens (including phenoxy) is 1. The van der Waals surface area contributed by atoms with Gasteiger partial charge in [0.1, 0.15) is 11.8 Å². The number of nitrogens with one attached hydrogen (secondary N) is 1. The van der Waals surface area contributed by atoms with Crippen molar-refractivity contribution in [2.45, 2.75) is 32.0 Å². The highest BCUT2D eigenvalue weighted by molar-refractivity contribution is 5.98. The average molecular weight is 330 g/mol. The molecular formula is C15H17F3N2O3. The highest BCUT2D eigenvalue weighted by atomic mass is 19.4. The van der Waals surface area contributed by atoms with Gasteiger partial charge in [-0.1, -0.05) is 0 Å². The van der Waals surface area contributed by atoms with Gasteiger partial charge in [-0.15, -0.1) is 0 Å². The van der Waals surface area contributed by atoms with E-state index in [1.807, 2.05) is 6.92 Å². The summed E-state index contributed by atoms with van der Waals surface area (Å²) in [6, 6.07) is 5.37. The van der Waals surface area contributed by atoms with E-state index >= 15 is 0 Å². The molecule has 1 aliphatic rings. The first-order valence-electron chi connectivity index (χ1n) is 7.24. The third-order valence-corrected chi connectivity index (χ3v) is 3.49. The summed E-state index contributed by atoms with van der Waals surface area (Å²) in [5.41, 5.74) is 0.435. The normalized spacial score (nSPS) is 17.9. The summed E-state index contributed by atoms with van der Waals surface area (Å²) in [6.45, 7) is 2.27.